The monoisotopic (exact) mass is 366 g/mol. The number of amides is 1. The van der Waals surface area contributed by atoms with Gasteiger partial charge >= 0.3 is 0 Å². The van der Waals surface area contributed by atoms with Crippen molar-refractivity contribution in [2.24, 2.45) is 17.8 Å². The third kappa shape index (κ3) is 3.73. The molecule has 1 heterocycles. The van der Waals surface area contributed by atoms with Crippen molar-refractivity contribution in [3.05, 3.63) is 30.3 Å². The zero-order valence-corrected chi connectivity index (χ0v) is 15.5. The van der Waals surface area contributed by atoms with E-state index in [9.17, 15) is 13.2 Å². The molecule has 1 aromatic carbocycles. The second-order valence-corrected chi connectivity index (χ2v) is 8.82. The Morgan fingerprint density at radius 1 is 1.28 bits per heavy atom. The number of nitrogens with zero attached hydrogens (tertiary/aromatic N) is 1. The molecule has 1 amide bonds. The van der Waals surface area contributed by atoms with Gasteiger partial charge in [-0.25, -0.2) is 13.1 Å². The average molecular weight is 366 g/mol. The van der Waals surface area contributed by atoms with Gasteiger partial charge in [-0.2, -0.15) is 0 Å². The van der Waals surface area contributed by atoms with Gasteiger partial charge in [-0.1, -0.05) is 25.1 Å². The van der Waals surface area contributed by atoms with Crippen LogP contribution in [0, 0.1) is 17.8 Å². The maximum absolute atomic E-state index is 12.5. The molecule has 1 aliphatic carbocycles. The fourth-order valence-corrected chi connectivity index (χ4v) is 5.40. The van der Waals surface area contributed by atoms with E-state index in [1.807, 2.05) is 4.90 Å². The lowest BCUT2D eigenvalue weighted by Gasteiger charge is -2.24. The minimum absolute atomic E-state index is 0.162. The van der Waals surface area contributed by atoms with Crippen LogP contribution in [0.1, 0.15) is 19.8 Å². The van der Waals surface area contributed by atoms with Gasteiger partial charge in [0.05, 0.1) is 11.5 Å². The number of nitrogens with one attached hydrogen (secondary N) is 1. The summed E-state index contributed by atoms with van der Waals surface area (Å²) in [5, 5.41) is 0. The topological polar surface area (TPSA) is 75.7 Å². The van der Waals surface area contributed by atoms with E-state index in [4.69, 9.17) is 4.74 Å². The van der Waals surface area contributed by atoms with Crippen LogP contribution in [0.3, 0.4) is 0 Å². The van der Waals surface area contributed by atoms with Crippen LogP contribution in [-0.2, 0) is 19.6 Å². The normalized spacial score (nSPS) is 29.2. The minimum atomic E-state index is -3.51. The molecule has 1 N–H and O–H groups in total. The van der Waals surface area contributed by atoms with Gasteiger partial charge in [0.1, 0.15) is 0 Å². The van der Waals surface area contributed by atoms with Gasteiger partial charge in [0.2, 0.25) is 15.9 Å². The molecule has 1 aromatic rings. The van der Waals surface area contributed by atoms with E-state index in [-0.39, 0.29) is 28.7 Å². The van der Waals surface area contributed by atoms with Gasteiger partial charge in [0, 0.05) is 32.7 Å². The number of carbonyl (C=O) groups is 1. The van der Waals surface area contributed by atoms with Crippen LogP contribution < -0.4 is 4.72 Å². The molecule has 1 aliphatic heterocycles. The molecule has 1 saturated heterocycles. The number of benzene rings is 1. The highest BCUT2D eigenvalue weighted by molar-refractivity contribution is 7.89. The van der Waals surface area contributed by atoms with Crippen molar-refractivity contribution in [3.63, 3.8) is 0 Å². The zero-order valence-electron chi connectivity index (χ0n) is 14.7. The molecule has 0 aromatic heterocycles. The number of rotatable bonds is 7. The van der Waals surface area contributed by atoms with E-state index in [1.54, 1.807) is 37.4 Å². The van der Waals surface area contributed by atoms with Crippen molar-refractivity contribution in [3.8, 4) is 0 Å². The van der Waals surface area contributed by atoms with E-state index in [0.29, 0.717) is 32.0 Å². The van der Waals surface area contributed by atoms with Crippen molar-refractivity contribution >= 4 is 15.9 Å². The number of methoxy groups -OCH3 is 1. The highest BCUT2D eigenvalue weighted by Crippen LogP contribution is 2.45. The molecule has 2 fully saturated rings. The quantitative estimate of drug-likeness (QED) is 0.793. The van der Waals surface area contributed by atoms with E-state index in [1.165, 1.54) is 0 Å². The zero-order chi connectivity index (χ0) is 18.0. The first-order chi connectivity index (χ1) is 11.9. The lowest BCUT2D eigenvalue weighted by molar-refractivity contribution is -0.129. The maximum atomic E-state index is 12.5. The summed E-state index contributed by atoms with van der Waals surface area (Å²) in [6.45, 7) is 3.68. The summed E-state index contributed by atoms with van der Waals surface area (Å²) < 4.78 is 32.8. The standard InChI is InChI=1S/C18H26N2O4S/c1-13-10-17-15(11-18(21)20(17)8-9-24-2)16(13)12-19-25(22,23)14-6-4-3-5-7-14/h3-7,13,15-17,19H,8-12H2,1-2H3/t13-,15-,16+,17+/m0/s1. The number of hydrogen-bond donors (Lipinski definition) is 1. The van der Waals surface area contributed by atoms with Gasteiger partial charge < -0.3 is 9.64 Å². The van der Waals surface area contributed by atoms with Crippen molar-refractivity contribution in [1.82, 2.24) is 9.62 Å². The molecule has 0 spiro atoms. The van der Waals surface area contributed by atoms with Crippen LogP contribution in [0.25, 0.3) is 0 Å². The molecule has 4 atom stereocenters. The molecule has 7 heteroatoms. The summed E-state index contributed by atoms with van der Waals surface area (Å²) in [4.78, 5) is 14.5. The molecule has 2 aliphatic rings. The fraction of sp³-hybridized carbons (Fsp3) is 0.611. The lowest BCUT2D eigenvalue weighted by Crippen LogP contribution is -2.36. The third-order valence-electron chi connectivity index (χ3n) is 5.62. The first kappa shape index (κ1) is 18.4. The van der Waals surface area contributed by atoms with E-state index < -0.39 is 10.0 Å². The van der Waals surface area contributed by atoms with Gasteiger partial charge in [-0.05, 0) is 36.3 Å². The molecule has 0 radical (unpaired) electrons. The molecular formula is C18H26N2O4S. The van der Waals surface area contributed by atoms with Crippen molar-refractivity contribution in [1.29, 1.82) is 0 Å². The van der Waals surface area contributed by atoms with E-state index in [2.05, 4.69) is 11.6 Å². The summed E-state index contributed by atoms with van der Waals surface area (Å²) in [7, 11) is -1.87. The van der Waals surface area contributed by atoms with Gasteiger partial charge in [-0.15, -0.1) is 0 Å². The first-order valence-corrected chi connectivity index (χ1v) is 10.3. The molecule has 0 unspecified atom stereocenters. The summed E-state index contributed by atoms with van der Waals surface area (Å²) >= 11 is 0. The summed E-state index contributed by atoms with van der Waals surface area (Å²) in [6, 6.07) is 8.62. The Hall–Kier alpha value is -1.44. The van der Waals surface area contributed by atoms with Crippen LogP contribution in [-0.4, -0.2) is 52.1 Å². The average Bonchev–Trinajstić information content (AvgIpc) is 3.05. The predicted octanol–water partition coefficient (Wildman–Crippen LogP) is 1.48. The number of ether oxygens (including phenoxy) is 1. The fourth-order valence-electron chi connectivity index (χ4n) is 4.31. The van der Waals surface area contributed by atoms with Crippen molar-refractivity contribution in [2.45, 2.75) is 30.7 Å². The second-order valence-electron chi connectivity index (χ2n) is 7.06. The van der Waals surface area contributed by atoms with Crippen LogP contribution >= 0.6 is 0 Å². The smallest absolute Gasteiger partial charge is 0.240 e. The molecule has 1 saturated carbocycles. The lowest BCUT2D eigenvalue weighted by atomic mass is 9.89. The molecule has 0 bridgehead atoms. The summed E-state index contributed by atoms with van der Waals surface area (Å²) in [5.41, 5.74) is 0. The molecule has 3 rings (SSSR count). The van der Waals surface area contributed by atoms with E-state index >= 15 is 0 Å². The largest absolute Gasteiger partial charge is 0.383 e. The van der Waals surface area contributed by atoms with Crippen LogP contribution in [0.15, 0.2) is 35.2 Å². The van der Waals surface area contributed by atoms with Crippen molar-refractivity contribution in [2.75, 3.05) is 26.8 Å². The number of carbonyl (C=O) groups excluding carboxylic acids is 1. The molecule has 25 heavy (non-hydrogen) atoms. The Kier molecular flexibility index (Phi) is 5.46. The van der Waals surface area contributed by atoms with Crippen LogP contribution in [0.4, 0.5) is 0 Å². The summed E-state index contributed by atoms with van der Waals surface area (Å²) in [5.74, 6) is 0.944. The molecule has 6 nitrogen and oxygen atoms in total. The highest BCUT2D eigenvalue weighted by atomic mass is 32.2. The Morgan fingerprint density at radius 3 is 2.68 bits per heavy atom. The van der Waals surface area contributed by atoms with E-state index in [0.717, 1.165) is 6.42 Å². The van der Waals surface area contributed by atoms with Crippen molar-refractivity contribution < 1.29 is 17.9 Å². The van der Waals surface area contributed by atoms with Crippen LogP contribution in [0.5, 0.6) is 0 Å². The van der Waals surface area contributed by atoms with Gasteiger partial charge in [-0.3, -0.25) is 4.79 Å². The first-order valence-electron chi connectivity index (χ1n) is 8.77. The number of fused-ring (bicyclic) bond motifs is 1. The van der Waals surface area contributed by atoms with Crippen LogP contribution in [0.2, 0.25) is 0 Å². The minimum Gasteiger partial charge on any atom is -0.383 e. The van der Waals surface area contributed by atoms with Gasteiger partial charge in [0.15, 0.2) is 0 Å². The molecular weight excluding hydrogens is 340 g/mol. The number of likely N-dealkylation sites (tertiary alicyclic amines) is 1. The maximum Gasteiger partial charge on any atom is 0.240 e. The predicted molar refractivity (Wildman–Crippen MR) is 94.4 cm³/mol. The summed E-state index contributed by atoms with van der Waals surface area (Å²) in [6.07, 6.45) is 1.44. The Bertz CT molecular complexity index is 707. The second kappa shape index (κ2) is 7.43. The Morgan fingerprint density at radius 2 is 2.00 bits per heavy atom. The molecule has 138 valence electrons. The SMILES string of the molecule is COCCN1C(=O)C[C@H]2[C@H](CNS(=O)(=O)c3ccccc3)[C@@H](C)C[C@H]21. The van der Waals surface area contributed by atoms with Gasteiger partial charge in [0.25, 0.3) is 0 Å². The number of sulfonamides is 1. The highest BCUT2D eigenvalue weighted by Gasteiger charge is 2.50. The third-order valence-corrected chi connectivity index (χ3v) is 7.06. The Balaban J connectivity index is 1.67. The Labute approximate surface area is 149 Å². The number of hydrogen-bond acceptors (Lipinski definition) is 4.